The van der Waals surface area contributed by atoms with E-state index in [1.807, 2.05) is 30.3 Å². The first-order valence-electron chi connectivity index (χ1n) is 11.4. The molecule has 6 heteroatoms. The largest absolute Gasteiger partial charge is 0.460 e. The molecule has 0 bridgehead atoms. The van der Waals surface area contributed by atoms with E-state index in [4.69, 9.17) is 4.42 Å². The van der Waals surface area contributed by atoms with Gasteiger partial charge in [-0.2, -0.15) is 0 Å². The molecule has 5 rings (SSSR count). The number of hydrogen-bond acceptors (Lipinski definition) is 3. The summed E-state index contributed by atoms with van der Waals surface area (Å²) < 4.78 is 48.6. The number of anilines is 1. The summed E-state index contributed by atoms with van der Waals surface area (Å²) in [4.78, 5) is 0.0204. The molecule has 0 fully saturated rings. The second-order valence-corrected chi connectivity index (χ2v) is 11.4. The first-order chi connectivity index (χ1) is 15.7. The van der Waals surface area contributed by atoms with Crippen LogP contribution in [0.4, 0.5) is 10.1 Å². The van der Waals surface area contributed by atoms with E-state index >= 15 is 0 Å². The minimum atomic E-state index is -3.88. The molecule has 1 aromatic heterocycles. The van der Waals surface area contributed by atoms with Crippen LogP contribution in [0.25, 0.3) is 21.7 Å². The fraction of sp³-hybridized carbons (Fsp3) is 0.333. The van der Waals surface area contributed by atoms with E-state index in [0.29, 0.717) is 11.6 Å². The van der Waals surface area contributed by atoms with Crippen molar-refractivity contribution in [1.82, 2.24) is 0 Å². The van der Waals surface area contributed by atoms with Crippen LogP contribution < -0.4 is 4.72 Å². The minimum absolute atomic E-state index is 0.0204. The molecule has 0 saturated carbocycles. The molecule has 1 aliphatic rings. The Bertz CT molecular complexity index is 1450. The van der Waals surface area contributed by atoms with E-state index in [9.17, 15) is 12.8 Å². The molecule has 4 aromatic rings. The first kappa shape index (κ1) is 22.0. The highest BCUT2D eigenvalue weighted by Crippen LogP contribution is 2.45. The first-order valence-corrected chi connectivity index (χ1v) is 12.9. The number of fused-ring (bicyclic) bond motifs is 5. The lowest BCUT2D eigenvalue weighted by atomic mass is 9.69. The molecule has 0 spiro atoms. The van der Waals surface area contributed by atoms with Gasteiger partial charge >= 0.3 is 0 Å². The Kier molecular flexibility index (Phi) is 5.24. The van der Waals surface area contributed by atoms with E-state index < -0.39 is 15.8 Å². The number of hydrogen-bond donors (Lipinski definition) is 1. The second kappa shape index (κ2) is 7.87. The summed E-state index contributed by atoms with van der Waals surface area (Å²) >= 11 is 0. The zero-order valence-electron chi connectivity index (χ0n) is 19.1. The number of furan rings is 1. The van der Waals surface area contributed by atoms with Crippen LogP contribution in [0, 0.1) is 17.2 Å². The van der Waals surface area contributed by atoms with Crippen molar-refractivity contribution in [2.24, 2.45) is 11.3 Å². The Morgan fingerprint density at radius 3 is 2.45 bits per heavy atom. The van der Waals surface area contributed by atoms with E-state index in [-0.39, 0.29) is 10.3 Å². The van der Waals surface area contributed by atoms with Gasteiger partial charge in [-0.1, -0.05) is 51.5 Å². The molecular formula is C27H28FNO3S. The lowest BCUT2D eigenvalue weighted by Crippen LogP contribution is -2.28. The number of halogens is 1. The van der Waals surface area contributed by atoms with Crippen molar-refractivity contribution >= 4 is 37.5 Å². The van der Waals surface area contributed by atoms with Crippen molar-refractivity contribution in [3.05, 3.63) is 71.7 Å². The van der Waals surface area contributed by atoms with Crippen LogP contribution in [0.3, 0.4) is 0 Å². The summed E-state index contributed by atoms with van der Waals surface area (Å²) in [5.74, 6) is 1.08. The lowest BCUT2D eigenvalue weighted by Gasteiger charge is -2.36. The lowest BCUT2D eigenvalue weighted by molar-refractivity contribution is 0.179. The van der Waals surface area contributed by atoms with Gasteiger partial charge in [-0.3, -0.25) is 4.72 Å². The summed E-state index contributed by atoms with van der Waals surface area (Å²) in [6.07, 6.45) is 4.01. The zero-order chi connectivity index (χ0) is 23.4. The molecule has 33 heavy (non-hydrogen) atoms. The van der Waals surface area contributed by atoms with Crippen molar-refractivity contribution in [1.29, 1.82) is 0 Å². The fourth-order valence-electron chi connectivity index (χ4n) is 4.95. The van der Waals surface area contributed by atoms with Gasteiger partial charge in [0, 0.05) is 28.1 Å². The number of sulfonamides is 1. The SMILES string of the molecule is CCC(C)(C)[C@@H]1CCc2oc3c(cc(NS(=O)(=O)c4ccc(F)cc4)c4ccccc43)c2C1. The van der Waals surface area contributed by atoms with Gasteiger partial charge in [0.1, 0.15) is 17.2 Å². The van der Waals surface area contributed by atoms with Crippen molar-refractivity contribution in [2.45, 2.75) is 51.3 Å². The Hall–Kier alpha value is -2.86. The number of nitrogens with one attached hydrogen (secondary N) is 1. The van der Waals surface area contributed by atoms with Crippen LogP contribution in [0.15, 0.2) is 63.9 Å². The summed E-state index contributed by atoms with van der Waals surface area (Å²) in [5.41, 5.74) is 2.74. The maximum atomic E-state index is 13.3. The molecule has 1 heterocycles. The molecule has 1 atom stereocenters. The van der Waals surface area contributed by atoms with Gasteiger partial charge in [0.2, 0.25) is 0 Å². The monoisotopic (exact) mass is 465 g/mol. The standard InChI is InChI=1S/C27H28FNO3S/c1-4-27(2,3)17-9-14-25-22(15-17)23-16-24(20-7-5-6-8-21(20)26(23)32-25)29-33(30,31)19-12-10-18(28)11-13-19/h5-8,10-13,16-17,29H,4,9,14-15H2,1-3H3/t17-/m1/s1. The van der Waals surface area contributed by atoms with Crippen LogP contribution >= 0.6 is 0 Å². The molecular weight excluding hydrogens is 437 g/mol. The van der Waals surface area contributed by atoms with Crippen molar-refractivity contribution in [3.63, 3.8) is 0 Å². The number of rotatable bonds is 5. The van der Waals surface area contributed by atoms with Crippen molar-refractivity contribution in [3.8, 4) is 0 Å². The van der Waals surface area contributed by atoms with Gasteiger partial charge in [-0.25, -0.2) is 12.8 Å². The quantitative estimate of drug-likeness (QED) is 0.343. The molecule has 172 valence electrons. The van der Waals surface area contributed by atoms with Crippen LogP contribution in [0.5, 0.6) is 0 Å². The van der Waals surface area contributed by atoms with Gasteiger partial charge in [0.25, 0.3) is 10.0 Å². The Morgan fingerprint density at radius 2 is 1.76 bits per heavy atom. The maximum Gasteiger partial charge on any atom is 0.261 e. The fourth-order valence-corrected chi connectivity index (χ4v) is 6.03. The van der Waals surface area contributed by atoms with Crippen molar-refractivity contribution in [2.75, 3.05) is 4.72 Å². The third kappa shape index (κ3) is 3.80. The second-order valence-electron chi connectivity index (χ2n) is 9.69. The van der Waals surface area contributed by atoms with Crippen molar-refractivity contribution < 1.29 is 17.2 Å². The molecule has 1 aliphatic carbocycles. The van der Waals surface area contributed by atoms with Crippen LogP contribution in [-0.2, 0) is 22.9 Å². The number of aryl methyl sites for hydroxylation is 1. The molecule has 4 nitrogen and oxygen atoms in total. The van der Waals surface area contributed by atoms with Crippen LogP contribution in [0.2, 0.25) is 0 Å². The highest BCUT2D eigenvalue weighted by Gasteiger charge is 2.34. The van der Waals surface area contributed by atoms with Gasteiger partial charge in [-0.15, -0.1) is 0 Å². The molecule has 1 N–H and O–H groups in total. The summed E-state index contributed by atoms with van der Waals surface area (Å²) in [6, 6.07) is 14.4. The predicted octanol–water partition coefficient (Wildman–Crippen LogP) is 7.07. The normalized spacial score (nSPS) is 16.8. The van der Waals surface area contributed by atoms with Gasteiger partial charge in [0.05, 0.1) is 10.6 Å². The van der Waals surface area contributed by atoms with Gasteiger partial charge < -0.3 is 4.42 Å². The molecule has 0 aliphatic heterocycles. The van der Waals surface area contributed by atoms with Gasteiger partial charge in [-0.05, 0) is 54.5 Å². The third-order valence-electron chi connectivity index (χ3n) is 7.44. The summed E-state index contributed by atoms with van der Waals surface area (Å²) in [6.45, 7) is 6.88. The summed E-state index contributed by atoms with van der Waals surface area (Å²) in [5, 5.41) is 2.62. The smallest absolute Gasteiger partial charge is 0.261 e. The molecule has 0 unspecified atom stereocenters. The Morgan fingerprint density at radius 1 is 1.06 bits per heavy atom. The van der Waals surface area contributed by atoms with E-state index in [1.54, 1.807) is 0 Å². The van der Waals surface area contributed by atoms with Crippen LogP contribution in [0.1, 0.15) is 44.9 Å². The zero-order valence-corrected chi connectivity index (χ0v) is 19.9. The average molecular weight is 466 g/mol. The van der Waals surface area contributed by atoms with Gasteiger partial charge in [0.15, 0.2) is 0 Å². The Labute approximate surface area is 193 Å². The predicted molar refractivity (Wildman–Crippen MR) is 131 cm³/mol. The average Bonchev–Trinajstić information content (AvgIpc) is 3.17. The van der Waals surface area contributed by atoms with Crippen LogP contribution in [-0.4, -0.2) is 8.42 Å². The Balaban J connectivity index is 1.65. The molecule has 0 radical (unpaired) electrons. The van der Waals surface area contributed by atoms with E-state index in [2.05, 4.69) is 25.5 Å². The van der Waals surface area contributed by atoms with E-state index in [0.717, 1.165) is 65.3 Å². The minimum Gasteiger partial charge on any atom is -0.460 e. The maximum absolute atomic E-state index is 13.3. The number of benzene rings is 3. The molecule has 3 aromatic carbocycles. The topological polar surface area (TPSA) is 59.3 Å². The highest BCUT2D eigenvalue weighted by molar-refractivity contribution is 7.92. The molecule has 0 amide bonds. The molecule has 0 saturated heterocycles. The van der Waals surface area contributed by atoms with E-state index in [1.165, 1.54) is 17.7 Å². The highest BCUT2D eigenvalue weighted by atomic mass is 32.2. The summed E-state index contributed by atoms with van der Waals surface area (Å²) in [7, 11) is -3.88. The third-order valence-corrected chi connectivity index (χ3v) is 8.82.